The van der Waals surface area contributed by atoms with Gasteiger partial charge in [0.15, 0.2) is 0 Å². The lowest BCUT2D eigenvalue weighted by Crippen LogP contribution is -1.97. The summed E-state index contributed by atoms with van der Waals surface area (Å²) >= 11 is 0. The summed E-state index contributed by atoms with van der Waals surface area (Å²) in [4.78, 5) is 10.9. The zero-order valence-electron chi connectivity index (χ0n) is 12.8. The molecule has 0 fully saturated rings. The first kappa shape index (κ1) is 15.4. The highest BCUT2D eigenvalue weighted by Crippen LogP contribution is 2.30. The molecule has 0 saturated carbocycles. The van der Waals surface area contributed by atoms with Crippen LogP contribution in [0.15, 0.2) is 58.5 Å². The molecule has 1 N–H and O–H groups in total. The van der Waals surface area contributed by atoms with Crippen LogP contribution in [0.1, 0.15) is 5.56 Å². The van der Waals surface area contributed by atoms with E-state index in [2.05, 4.69) is 0 Å². The van der Waals surface area contributed by atoms with Gasteiger partial charge in [-0.25, -0.2) is 4.79 Å². The molecule has 0 bridgehead atoms. The second kappa shape index (κ2) is 6.31. The topological polar surface area (TPSA) is 83.5 Å². The predicted molar refractivity (Wildman–Crippen MR) is 89.4 cm³/mol. The minimum absolute atomic E-state index is 0.323. The van der Waals surface area contributed by atoms with Gasteiger partial charge in [-0.2, -0.15) is 5.26 Å². The van der Waals surface area contributed by atoms with Crippen molar-refractivity contribution in [2.24, 2.45) is 0 Å². The van der Waals surface area contributed by atoms with Crippen LogP contribution in [-0.2, 0) is 4.79 Å². The Balaban J connectivity index is 2.00. The molecule has 0 radical (unpaired) electrons. The molecule has 5 heteroatoms. The zero-order valence-corrected chi connectivity index (χ0v) is 12.8. The Kier molecular flexibility index (Phi) is 4.04. The number of carboxylic acid groups (broad SMARTS) is 1. The molecule has 0 unspecified atom stereocenters. The minimum Gasteiger partial charge on any atom is -0.497 e. The van der Waals surface area contributed by atoms with E-state index in [-0.39, 0.29) is 5.57 Å². The van der Waals surface area contributed by atoms with Gasteiger partial charge < -0.3 is 14.3 Å². The third-order valence-corrected chi connectivity index (χ3v) is 3.58. The quantitative estimate of drug-likeness (QED) is 0.578. The standard InChI is InChI=1S/C19H13NO4/c1-23-16-6-4-13(5-7-16)18-10-14-3-2-12(9-17(14)24-18)8-15(11-20)19(21)22/h2-10H,1H3,(H,21,22)/b15-8+. The monoisotopic (exact) mass is 319 g/mol. The number of hydrogen-bond acceptors (Lipinski definition) is 4. The summed E-state index contributed by atoms with van der Waals surface area (Å²) in [5, 5.41) is 18.6. The second-order valence-corrected chi connectivity index (χ2v) is 5.11. The first-order chi connectivity index (χ1) is 11.6. The third-order valence-electron chi connectivity index (χ3n) is 3.58. The summed E-state index contributed by atoms with van der Waals surface area (Å²) in [5.41, 5.74) is 1.80. The number of methoxy groups -OCH3 is 1. The number of aliphatic carboxylic acids is 1. The number of benzene rings is 2. The first-order valence-corrected chi connectivity index (χ1v) is 7.14. The smallest absolute Gasteiger partial charge is 0.346 e. The van der Waals surface area contributed by atoms with Crippen molar-refractivity contribution in [3.63, 3.8) is 0 Å². The van der Waals surface area contributed by atoms with Crippen molar-refractivity contribution in [2.75, 3.05) is 7.11 Å². The number of ether oxygens (including phenoxy) is 1. The Bertz CT molecular complexity index is 975. The van der Waals surface area contributed by atoms with Gasteiger partial charge in [0.05, 0.1) is 7.11 Å². The molecule has 0 saturated heterocycles. The van der Waals surface area contributed by atoms with E-state index in [9.17, 15) is 4.79 Å². The molecule has 0 atom stereocenters. The number of furan rings is 1. The number of carbonyl (C=O) groups is 1. The summed E-state index contributed by atoms with van der Waals surface area (Å²) < 4.78 is 11.0. The Morgan fingerprint density at radius 3 is 2.58 bits per heavy atom. The average Bonchev–Trinajstić information content (AvgIpc) is 3.02. The van der Waals surface area contributed by atoms with Crippen molar-refractivity contribution in [1.29, 1.82) is 5.26 Å². The number of nitrogens with zero attached hydrogens (tertiary/aromatic N) is 1. The van der Waals surface area contributed by atoms with Gasteiger partial charge in [-0.15, -0.1) is 0 Å². The van der Waals surface area contributed by atoms with Crippen molar-refractivity contribution in [3.05, 3.63) is 59.7 Å². The molecular formula is C19H13NO4. The molecule has 2 aromatic carbocycles. The van der Waals surface area contributed by atoms with Crippen LogP contribution >= 0.6 is 0 Å². The highest BCUT2D eigenvalue weighted by atomic mass is 16.5. The molecule has 0 amide bonds. The van der Waals surface area contributed by atoms with Gasteiger partial charge in [-0.1, -0.05) is 12.1 Å². The van der Waals surface area contributed by atoms with Crippen LogP contribution in [0.2, 0.25) is 0 Å². The van der Waals surface area contributed by atoms with E-state index in [1.165, 1.54) is 6.08 Å². The van der Waals surface area contributed by atoms with Crippen LogP contribution in [0.25, 0.3) is 28.4 Å². The Morgan fingerprint density at radius 2 is 1.96 bits per heavy atom. The van der Waals surface area contributed by atoms with Gasteiger partial charge in [0.1, 0.15) is 28.7 Å². The molecule has 118 valence electrons. The highest BCUT2D eigenvalue weighted by molar-refractivity contribution is 5.97. The Hall–Kier alpha value is -3.52. The van der Waals surface area contributed by atoms with E-state index in [4.69, 9.17) is 19.5 Å². The molecule has 5 nitrogen and oxygen atoms in total. The average molecular weight is 319 g/mol. The molecule has 0 spiro atoms. The molecule has 3 aromatic rings. The SMILES string of the molecule is COc1ccc(-c2cc3ccc(/C=C(\C#N)C(=O)O)cc3o2)cc1. The van der Waals surface area contributed by atoms with E-state index < -0.39 is 5.97 Å². The Morgan fingerprint density at radius 1 is 1.21 bits per heavy atom. The van der Waals surface area contributed by atoms with E-state index in [1.54, 1.807) is 25.3 Å². The summed E-state index contributed by atoms with van der Waals surface area (Å²) in [5.74, 6) is 0.212. The van der Waals surface area contributed by atoms with Gasteiger partial charge in [0.25, 0.3) is 0 Å². The Labute approximate surface area is 138 Å². The normalized spacial score (nSPS) is 11.2. The fourth-order valence-electron chi connectivity index (χ4n) is 2.34. The van der Waals surface area contributed by atoms with Crippen LogP contribution < -0.4 is 4.74 Å². The van der Waals surface area contributed by atoms with Crippen molar-refractivity contribution in [2.45, 2.75) is 0 Å². The molecule has 1 aromatic heterocycles. The van der Waals surface area contributed by atoms with Crippen molar-refractivity contribution >= 4 is 23.0 Å². The van der Waals surface area contributed by atoms with Crippen LogP contribution in [0, 0.1) is 11.3 Å². The highest BCUT2D eigenvalue weighted by Gasteiger charge is 2.09. The van der Waals surface area contributed by atoms with E-state index in [0.29, 0.717) is 16.9 Å². The van der Waals surface area contributed by atoms with Crippen LogP contribution in [0.4, 0.5) is 0 Å². The maximum atomic E-state index is 10.9. The van der Waals surface area contributed by atoms with Crippen molar-refractivity contribution < 1.29 is 19.1 Å². The maximum Gasteiger partial charge on any atom is 0.346 e. The fourth-order valence-corrected chi connectivity index (χ4v) is 2.34. The maximum absolute atomic E-state index is 10.9. The predicted octanol–water partition coefficient (Wildman–Crippen LogP) is 4.10. The molecule has 0 aliphatic carbocycles. The number of nitriles is 1. The largest absolute Gasteiger partial charge is 0.497 e. The third kappa shape index (κ3) is 2.99. The van der Waals surface area contributed by atoms with Gasteiger partial charge in [-0.05, 0) is 48.0 Å². The van der Waals surface area contributed by atoms with Gasteiger partial charge in [0.2, 0.25) is 0 Å². The van der Waals surface area contributed by atoms with E-state index in [0.717, 1.165) is 16.7 Å². The molecule has 1 heterocycles. The van der Waals surface area contributed by atoms with Crippen LogP contribution in [0.5, 0.6) is 5.75 Å². The van der Waals surface area contributed by atoms with Gasteiger partial charge in [0, 0.05) is 10.9 Å². The minimum atomic E-state index is -1.25. The molecule has 0 aliphatic heterocycles. The number of hydrogen-bond donors (Lipinski definition) is 1. The lowest BCUT2D eigenvalue weighted by molar-refractivity contribution is -0.132. The molecular weight excluding hydrogens is 306 g/mol. The zero-order chi connectivity index (χ0) is 17.1. The van der Waals surface area contributed by atoms with Crippen LogP contribution in [-0.4, -0.2) is 18.2 Å². The van der Waals surface area contributed by atoms with E-state index in [1.807, 2.05) is 36.4 Å². The number of fused-ring (bicyclic) bond motifs is 1. The first-order valence-electron chi connectivity index (χ1n) is 7.14. The molecule has 24 heavy (non-hydrogen) atoms. The summed E-state index contributed by atoms with van der Waals surface area (Å²) in [6.45, 7) is 0. The van der Waals surface area contributed by atoms with Crippen molar-refractivity contribution in [3.8, 4) is 23.1 Å². The van der Waals surface area contributed by atoms with Gasteiger partial charge in [-0.3, -0.25) is 0 Å². The molecule has 3 rings (SSSR count). The lowest BCUT2D eigenvalue weighted by atomic mass is 10.1. The summed E-state index contributed by atoms with van der Waals surface area (Å²) in [6.07, 6.45) is 1.32. The number of carboxylic acids is 1. The second-order valence-electron chi connectivity index (χ2n) is 5.11. The molecule has 0 aliphatic rings. The van der Waals surface area contributed by atoms with Gasteiger partial charge >= 0.3 is 5.97 Å². The number of rotatable bonds is 4. The van der Waals surface area contributed by atoms with Crippen molar-refractivity contribution in [1.82, 2.24) is 0 Å². The lowest BCUT2D eigenvalue weighted by Gasteiger charge is -2.00. The summed E-state index contributed by atoms with van der Waals surface area (Å²) in [6, 6.07) is 16.4. The van der Waals surface area contributed by atoms with Crippen LogP contribution in [0.3, 0.4) is 0 Å². The fraction of sp³-hybridized carbons (Fsp3) is 0.0526. The van der Waals surface area contributed by atoms with E-state index >= 15 is 0 Å². The summed E-state index contributed by atoms with van der Waals surface area (Å²) in [7, 11) is 1.61.